The molecule has 0 aliphatic rings. The van der Waals surface area contributed by atoms with Crippen molar-refractivity contribution in [1.29, 1.82) is 0 Å². The lowest BCUT2D eigenvalue weighted by Gasteiger charge is -2.31. The molecule has 0 saturated carbocycles. The summed E-state index contributed by atoms with van der Waals surface area (Å²) in [7, 11) is 0. The molecular formula is C45H67N13O8. The van der Waals surface area contributed by atoms with Gasteiger partial charge in [-0.1, -0.05) is 61.9 Å². The summed E-state index contributed by atoms with van der Waals surface area (Å²) in [4.78, 5) is 117. The van der Waals surface area contributed by atoms with Gasteiger partial charge in [0.1, 0.15) is 12.1 Å². The molecule has 0 fully saturated rings. The highest BCUT2D eigenvalue weighted by Crippen LogP contribution is 2.19. The van der Waals surface area contributed by atoms with Crippen LogP contribution in [0, 0.1) is 0 Å². The molecular weight excluding hydrogens is 851 g/mol. The summed E-state index contributed by atoms with van der Waals surface area (Å²) in [6.07, 6.45) is 5.00. The molecule has 13 N–H and O–H groups in total. The number of carbonyl (C=O) groups is 8. The molecule has 1 heterocycles. The number of nitrogens with two attached hydrogens (primary N) is 4. The van der Waals surface area contributed by atoms with Crippen molar-refractivity contribution >= 4 is 64.1 Å². The number of benzene rings is 2. The SMILES string of the molecule is CCCCN(CC(=O)NCC(=O)N[C@@H](CCCCN)C(=O)N[C@H](Cc1ccccc1)C(=O)N(CCCN=C(N)N)CC(=O)N(CCc1c[nH]c2ccccc12)CC(=O)NCC(N)=O)C(C)=O. The summed E-state index contributed by atoms with van der Waals surface area (Å²) in [6.45, 7) is 2.03. The van der Waals surface area contributed by atoms with Crippen LogP contribution in [0.2, 0.25) is 0 Å². The summed E-state index contributed by atoms with van der Waals surface area (Å²) in [5.74, 6) is -5.03. The summed E-state index contributed by atoms with van der Waals surface area (Å²) in [5, 5.41) is 11.3. The van der Waals surface area contributed by atoms with Crippen LogP contribution in [-0.4, -0.2) is 150 Å². The molecule has 21 nitrogen and oxygen atoms in total. The molecule has 66 heavy (non-hydrogen) atoms. The number of unbranched alkanes of at least 4 members (excludes halogenated alkanes) is 2. The monoisotopic (exact) mass is 918 g/mol. The second-order valence-corrected chi connectivity index (χ2v) is 15.8. The lowest BCUT2D eigenvalue weighted by atomic mass is 10.0. The molecule has 0 unspecified atom stereocenters. The minimum atomic E-state index is -1.26. The van der Waals surface area contributed by atoms with Crippen molar-refractivity contribution in [3.05, 3.63) is 71.9 Å². The zero-order chi connectivity index (χ0) is 48.4. The Labute approximate surface area is 385 Å². The maximum Gasteiger partial charge on any atom is 0.245 e. The van der Waals surface area contributed by atoms with Crippen LogP contribution >= 0.6 is 0 Å². The third kappa shape index (κ3) is 19.4. The fourth-order valence-corrected chi connectivity index (χ4v) is 6.96. The van der Waals surface area contributed by atoms with Crippen molar-refractivity contribution in [3.63, 3.8) is 0 Å². The van der Waals surface area contributed by atoms with Gasteiger partial charge in [-0.2, -0.15) is 0 Å². The molecule has 2 aromatic carbocycles. The number of primary amides is 1. The number of fused-ring (bicyclic) bond motifs is 1. The van der Waals surface area contributed by atoms with E-state index in [9.17, 15) is 38.4 Å². The molecule has 8 amide bonds. The van der Waals surface area contributed by atoms with E-state index in [-0.39, 0.29) is 57.3 Å². The Morgan fingerprint density at radius 1 is 0.712 bits per heavy atom. The van der Waals surface area contributed by atoms with Gasteiger partial charge < -0.3 is 63.9 Å². The third-order valence-electron chi connectivity index (χ3n) is 10.5. The van der Waals surface area contributed by atoms with Crippen molar-refractivity contribution < 1.29 is 38.4 Å². The third-order valence-corrected chi connectivity index (χ3v) is 10.5. The van der Waals surface area contributed by atoms with E-state index in [1.54, 1.807) is 30.3 Å². The zero-order valence-electron chi connectivity index (χ0n) is 38.0. The van der Waals surface area contributed by atoms with Crippen LogP contribution in [0.15, 0.2) is 65.8 Å². The molecule has 1 aromatic heterocycles. The first-order chi connectivity index (χ1) is 31.6. The largest absolute Gasteiger partial charge is 0.370 e. The van der Waals surface area contributed by atoms with Crippen LogP contribution in [0.4, 0.5) is 0 Å². The number of nitrogens with one attached hydrogen (secondary N) is 5. The molecule has 3 rings (SSSR count). The van der Waals surface area contributed by atoms with Gasteiger partial charge >= 0.3 is 0 Å². The Balaban J connectivity index is 1.90. The van der Waals surface area contributed by atoms with Crippen molar-refractivity contribution in [3.8, 4) is 0 Å². The molecule has 2 atom stereocenters. The van der Waals surface area contributed by atoms with Gasteiger partial charge in [-0.05, 0) is 62.3 Å². The number of aliphatic imine (C=N–C) groups is 1. The van der Waals surface area contributed by atoms with Crippen molar-refractivity contribution in [2.45, 2.75) is 77.3 Å². The predicted molar refractivity (Wildman–Crippen MR) is 250 cm³/mol. The first-order valence-corrected chi connectivity index (χ1v) is 22.2. The Bertz CT molecular complexity index is 2110. The van der Waals surface area contributed by atoms with Gasteiger partial charge in [0, 0.05) is 56.6 Å². The van der Waals surface area contributed by atoms with E-state index in [1.165, 1.54) is 21.6 Å². The van der Waals surface area contributed by atoms with Gasteiger partial charge in [-0.15, -0.1) is 0 Å². The number of nitrogens with zero attached hydrogens (tertiary/aromatic N) is 4. The quantitative estimate of drug-likeness (QED) is 0.0216. The molecule has 0 aliphatic carbocycles. The summed E-state index contributed by atoms with van der Waals surface area (Å²) in [5.41, 5.74) is 24.6. The van der Waals surface area contributed by atoms with Gasteiger partial charge in [0.25, 0.3) is 0 Å². The van der Waals surface area contributed by atoms with Crippen LogP contribution < -0.4 is 44.2 Å². The van der Waals surface area contributed by atoms with Crippen LogP contribution in [0.1, 0.15) is 63.5 Å². The average molecular weight is 918 g/mol. The number of rotatable bonds is 30. The number of H-pyrrole nitrogens is 1. The Morgan fingerprint density at radius 3 is 2.05 bits per heavy atom. The van der Waals surface area contributed by atoms with E-state index in [0.717, 1.165) is 22.9 Å². The Hall–Kier alpha value is -7.03. The van der Waals surface area contributed by atoms with E-state index in [2.05, 4.69) is 31.2 Å². The van der Waals surface area contributed by atoms with E-state index >= 15 is 0 Å². The number of amides is 8. The van der Waals surface area contributed by atoms with Crippen LogP contribution in [0.3, 0.4) is 0 Å². The zero-order valence-corrected chi connectivity index (χ0v) is 38.0. The molecule has 21 heteroatoms. The number of hydrogen-bond acceptors (Lipinski definition) is 10. The maximum atomic E-state index is 14.8. The molecule has 0 radical (unpaired) electrons. The lowest BCUT2D eigenvalue weighted by molar-refractivity contribution is -0.144. The van der Waals surface area contributed by atoms with E-state index in [4.69, 9.17) is 22.9 Å². The first-order valence-electron chi connectivity index (χ1n) is 22.2. The standard InChI is InChI=1S/C45H67N13O8/c1-3-4-21-56(31(2)59)28-40(62)53-27-39(61)54-36(17-10-11-19-46)43(65)55-37(24-32-13-6-5-7-14-32)44(66)58(22-12-20-50-45(48)49)30-42(64)57(29-41(63)52-26-38(47)60)23-18-33-25-51-35-16-9-8-15-34(33)35/h5-9,13-16,25,36-37,51H,3-4,10-12,17-24,26-30,46H2,1-2H3,(H2,47,60)(H,52,63)(H,53,62)(H,54,61)(H,55,65)(H4,48,49,50)/t36-,37+/m0/s1. The van der Waals surface area contributed by atoms with E-state index < -0.39 is 79.6 Å². The molecule has 0 spiro atoms. The van der Waals surface area contributed by atoms with Gasteiger partial charge in [0.15, 0.2) is 5.96 Å². The highest BCUT2D eigenvalue weighted by molar-refractivity contribution is 5.95. The number of para-hydroxylation sites is 1. The normalized spacial score (nSPS) is 11.7. The topological polar surface area (TPSA) is 327 Å². The van der Waals surface area contributed by atoms with Gasteiger partial charge in [-0.25, -0.2) is 0 Å². The minimum absolute atomic E-state index is 0.00594. The summed E-state index contributed by atoms with van der Waals surface area (Å²) in [6, 6.07) is 14.1. The van der Waals surface area contributed by atoms with Crippen molar-refractivity contribution in [2.75, 3.05) is 65.4 Å². The highest BCUT2D eigenvalue weighted by Gasteiger charge is 2.32. The smallest absolute Gasteiger partial charge is 0.245 e. The number of carbonyl (C=O) groups excluding carboxylic acids is 8. The van der Waals surface area contributed by atoms with Gasteiger partial charge in [0.05, 0.1) is 32.7 Å². The van der Waals surface area contributed by atoms with Gasteiger partial charge in [0.2, 0.25) is 47.3 Å². The number of hydrogen-bond donors (Lipinski definition) is 9. The number of aromatic nitrogens is 1. The minimum Gasteiger partial charge on any atom is -0.370 e. The van der Waals surface area contributed by atoms with Crippen LogP contribution in [0.25, 0.3) is 10.9 Å². The van der Waals surface area contributed by atoms with Crippen LogP contribution in [-0.2, 0) is 51.2 Å². The van der Waals surface area contributed by atoms with Crippen molar-refractivity contribution in [2.24, 2.45) is 27.9 Å². The van der Waals surface area contributed by atoms with Crippen molar-refractivity contribution in [1.82, 2.24) is 41.0 Å². The Morgan fingerprint density at radius 2 is 1.38 bits per heavy atom. The first kappa shape index (κ1) is 53.3. The summed E-state index contributed by atoms with van der Waals surface area (Å²) >= 11 is 0. The molecule has 0 saturated heterocycles. The lowest BCUT2D eigenvalue weighted by Crippen LogP contribution is -2.57. The predicted octanol–water partition coefficient (Wildman–Crippen LogP) is -1.26. The fourth-order valence-electron chi connectivity index (χ4n) is 6.96. The molecule has 0 aliphatic heterocycles. The molecule has 360 valence electrons. The second kappa shape index (κ2) is 28.7. The number of aromatic amines is 1. The van der Waals surface area contributed by atoms with E-state index in [1.807, 2.05) is 37.4 Å². The molecule has 0 bridgehead atoms. The maximum absolute atomic E-state index is 14.8. The number of guanidine groups is 1. The highest BCUT2D eigenvalue weighted by atomic mass is 16.2. The Kier molecular flexibility index (Phi) is 23.2. The average Bonchev–Trinajstić information content (AvgIpc) is 3.70. The van der Waals surface area contributed by atoms with Crippen LogP contribution in [0.5, 0.6) is 0 Å². The van der Waals surface area contributed by atoms with Gasteiger partial charge in [-0.3, -0.25) is 43.3 Å². The second-order valence-electron chi connectivity index (χ2n) is 15.8. The molecule has 3 aromatic rings. The fraction of sp³-hybridized carbons (Fsp3) is 0.489. The van der Waals surface area contributed by atoms with E-state index in [0.29, 0.717) is 44.3 Å². The summed E-state index contributed by atoms with van der Waals surface area (Å²) < 4.78 is 0.